The highest BCUT2D eigenvalue weighted by molar-refractivity contribution is 6.74. The third-order valence-corrected chi connectivity index (χ3v) is 17.5. The highest BCUT2D eigenvalue weighted by Crippen LogP contribution is 2.37. The molecule has 3 aliphatic rings. The van der Waals surface area contributed by atoms with E-state index in [2.05, 4.69) is 33.9 Å². The molecule has 0 unspecified atom stereocenters. The first kappa shape index (κ1) is 51.8. The van der Waals surface area contributed by atoms with E-state index in [-0.39, 0.29) is 47.1 Å². The summed E-state index contributed by atoms with van der Waals surface area (Å²) in [5, 5.41) is 9.83. The Balaban J connectivity index is 0.000000228. The molecule has 3 aliphatic heterocycles. The molecular formula is C54H74N4O7Si. The maximum absolute atomic E-state index is 13.2. The number of carbonyl (C=O) groups is 4. The number of aliphatic hydroxyl groups is 1. The number of benzene rings is 4. The lowest BCUT2D eigenvalue weighted by Crippen LogP contribution is -2.44. The van der Waals surface area contributed by atoms with Crippen LogP contribution in [0, 0.1) is 11.8 Å². The van der Waals surface area contributed by atoms with Crippen molar-refractivity contribution in [3.8, 4) is 0 Å². The van der Waals surface area contributed by atoms with E-state index in [1.165, 1.54) is 12.8 Å². The topological polar surface area (TPSA) is 120 Å². The van der Waals surface area contributed by atoms with Crippen molar-refractivity contribution in [2.45, 2.75) is 77.4 Å². The van der Waals surface area contributed by atoms with E-state index in [9.17, 15) is 24.3 Å². The summed E-state index contributed by atoms with van der Waals surface area (Å²) in [7, 11) is -1.93. The van der Waals surface area contributed by atoms with Crippen LogP contribution in [0.4, 0.5) is 0 Å². The van der Waals surface area contributed by atoms with Gasteiger partial charge in [0.2, 0.25) is 23.6 Å². The van der Waals surface area contributed by atoms with E-state index in [0.29, 0.717) is 84.6 Å². The van der Waals surface area contributed by atoms with Crippen molar-refractivity contribution in [2.24, 2.45) is 11.8 Å². The molecule has 3 heterocycles. The van der Waals surface area contributed by atoms with Crippen LogP contribution in [-0.4, -0.2) is 135 Å². The van der Waals surface area contributed by atoms with Gasteiger partial charge in [-0.05, 0) is 53.2 Å². The van der Waals surface area contributed by atoms with Crippen LogP contribution >= 0.6 is 0 Å². The van der Waals surface area contributed by atoms with Gasteiger partial charge < -0.3 is 33.9 Å². The van der Waals surface area contributed by atoms with E-state index < -0.39 is 8.32 Å². The summed E-state index contributed by atoms with van der Waals surface area (Å²) in [6.07, 6.45) is 4.01. The smallest absolute Gasteiger partial charge is 0.227 e. The van der Waals surface area contributed by atoms with Gasteiger partial charge in [-0.1, -0.05) is 142 Å². The average Bonchev–Trinajstić information content (AvgIpc) is 3.73. The monoisotopic (exact) mass is 919 g/mol. The van der Waals surface area contributed by atoms with Gasteiger partial charge in [-0.15, -0.1) is 0 Å². The summed E-state index contributed by atoms with van der Waals surface area (Å²) >= 11 is 0. The normalized spacial score (nSPS) is 16.3. The van der Waals surface area contributed by atoms with Crippen LogP contribution in [0.2, 0.25) is 18.1 Å². The maximum Gasteiger partial charge on any atom is 0.227 e. The summed E-state index contributed by atoms with van der Waals surface area (Å²) in [4.78, 5) is 59.2. The Bertz CT molecular complexity index is 1930. The standard InChI is InChI=1S/C28H40N2O3Si.C22H26N2O3.C4H8O/c1-28(2,3)34(4,5)33-22-25-20-29(26(31)18-23-12-8-6-9-13-23)16-17-30(21-25)27(32)19-24-14-10-7-11-15-24;25-17-20-15-23(21(26)13-18-7-3-1-4-8-18)11-12-24(16-20)22(27)14-19-9-5-2-6-10-19;1-2-4-5-3-1/h6-15,25H,16-22H2,1-5H3;1-10,20,25H,11-17H2;1-4H2. The Labute approximate surface area is 395 Å². The summed E-state index contributed by atoms with van der Waals surface area (Å²) in [5.74, 6) is 0.277. The third-order valence-electron chi connectivity index (χ3n) is 13.0. The van der Waals surface area contributed by atoms with Crippen LogP contribution in [0.1, 0.15) is 55.9 Å². The van der Waals surface area contributed by atoms with Crippen LogP contribution in [0.5, 0.6) is 0 Å². The molecule has 0 aromatic heterocycles. The summed E-state index contributed by atoms with van der Waals surface area (Å²) in [6.45, 7) is 18.1. The predicted octanol–water partition coefficient (Wildman–Crippen LogP) is 7.33. The molecule has 0 bridgehead atoms. The fourth-order valence-electron chi connectivity index (χ4n) is 7.92. The minimum Gasteiger partial charge on any atom is -0.416 e. The number of hydrogen-bond acceptors (Lipinski definition) is 7. The SMILES string of the molecule is C1CCOC1.CC(C)(C)[Si](C)(C)OCC1CN(C(=O)Cc2ccccc2)CCN(C(=O)Cc2ccccc2)C1.O=C(Cc1ccccc1)N1CCN(C(=O)Cc2ccccc2)CC(CO)C1. The molecule has 3 saturated heterocycles. The lowest BCUT2D eigenvalue weighted by atomic mass is 10.1. The number of amides is 4. The molecule has 1 N–H and O–H groups in total. The number of ether oxygens (including phenoxy) is 1. The van der Waals surface area contributed by atoms with Crippen molar-refractivity contribution >= 4 is 31.9 Å². The Kier molecular flexibility index (Phi) is 20.6. The number of nitrogens with zero attached hydrogens (tertiary/aromatic N) is 4. The average molecular weight is 919 g/mol. The molecule has 12 heteroatoms. The van der Waals surface area contributed by atoms with E-state index in [1.807, 2.05) is 131 Å². The van der Waals surface area contributed by atoms with Gasteiger partial charge in [-0.25, -0.2) is 0 Å². The van der Waals surface area contributed by atoms with Crippen LogP contribution < -0.4 is 0 Å². The van der Waals surface area contributed by atoms with Crippen LogP contribution in [0.3, 0.4) is 0 Å². The Morgan fingerprint density at radius 3 is 1.06 bits per heavy atom. The highest BCUT2D eigenvalue weighted by Gasteiger charge is 2.38. The van der Waals surface area contributed by atoms with Gasteiger partial charge in [0.1, 0.15) is 0 Å². The van der Waals surface area contributed by atoms with Crippen molar-refractivity contribution in [2.75, 3.05) is 78.8 Å². The molecule has 66 heavy (non-hydrogen) atoms. The second kappa shape index (κ2) is 26.3. The molecule has 11 nitrogen and oxygen atoms in total. The number of carbonyl (C=O) groups excluding carboxylic acids is 4. The van der Waals surface area contributed by atoms with Crippen LogP contribution in [0.15, 0.2) is 121 Å². The lowest BCUT2D eigenvalue weighted by Gasteiger charge is -2.38. The van der Waals surface area contributed by atoms with Crippen LogP contribution in [0.25, 0.3) is 0 Å². The summed E-state index contributed by atoms with van der Waals surface area (Å²) in [6, 6.07) is 39.0. The van der Waals surface area contributed by atoms with E-state index in [0.717, 1.165) is 35.5 Å². The minimum atomic E-state index is -1.93. The van der Waals surface area contributed by atoms with Crippen LogP contribution in [-0.2, 0) is 54.0 Å². The number of rotatable bonds is 12. The second-order valence-corrected chi connectivity index (χ2v) is 24.1. The first-order chi connectivity index (χ1) is 31.7. The lowest BCUT2D eigenvalue weighted by molar-refractivity contribution is -0.132. The van der Waals surface area contributed by atoms with Gasteiger partial charge in [0.15, 0.2) is 8.32 Å². The highest BCUT2D eigenvalue weighted by atomic mass is 28.4. The molecule has 0 radical (unpaired) electrons. The first-order valence-electron chi connectivity index (χ1n) is 23.8. The molecule has 7 rings (SSSR count). The fourth-order valence-corrected chi connectivity index (χ4v) is 9.00. The minimum absolute atomic E-state index is 0.0375. The van der Waals surface area contributed by atoms with Gasteiger partial charge >= 0.3 is 0 Å². The number of aliphatic hydroxyl groups excluding tert-OH is 1. The zero-order valence-electron chi connectivity index (χ0n) is 40.1. The zero-order valence-corrected chi connectivity index (χ0v) is 41.1. The second-order valence-electron chi connectivity index (χ2n) is 19.3. The van der Waals surface area contributed by atoms with E-state index >= 15 is 0 Å². The molecule has 3 fully saturated rings. The molecule has 0 atom stereocenters. The van der Waals surface area contributed by atoms with Crippen molar-refractivity contribution < 1.29 is 33.4 Å². The van der Waals surface area contributed by atoms with Crippen molar-refractivity contribution in [1.29, 1.82) is 0 Å². The quantitative estimate of drug-likeness (QED) is 0.148. The molecule has 4 aromatic rings. The molecule has 356 valence electrons. The number of hydrogen-bond donors (Lipinski definition) is 1. The van der Waals surface area contributed by atoms with Gasteiger partial charge in [-0.2, -0.15) is 0 Å². The Hall–Kier alpha value is -5.14. The Morgan fingerprint density at radius 1 is 0.530 bits per heavy atom. The van der Waals surface area contributed by atoms with Gasteiger partial charge in [0, 0.05) is 90.6 Å². The molecule has 0 aliphatic carbocycles. The first-order valence-corrected chi connectivity index (χ1v) is 26.7. The van der Waals surface area contributed by atoms with Crippen molar-refractivity contribution in [1.82, 2.24) is 19.6 Å². The molecular weight excluding hydrogens is 845 g/mol. The summed E-state index contributed by atoms with van der Waals surface area (Å²) in [5.41, 5.74) is 3.99. The molecule has 4 amide bonds. The van der Waals surface area contributed by atoms with Gasteiger partial charge in [0.05, 0.1) is 25.7 Å². The molecule has 0 saturated carbocycles. The summed E-state index contributed by atoms with van der Waals surface area (Å²) < 4.78 is 11.5. The van der Waals surface area contributed by atoms with E-state index in [1.54, 1.807) is 9.80 Å². The molecule has 0 spiro atoms. The van der Waals surface area contributed by atoms with E-state index in [4.69, 9.17) is 9.16 Å². The van der Waals surface area contributed by atoms with Gasteiger partial charge in [-0.3, -0.25) is 19.2 Å². The largest absolute Gasteiger partial charge is 0.416 e. The van der Waals surface area contributed by atoms with Gasteiger partial charge in [0.25, 0.3) is 0 Å². The maximum atomic E-state index is 13.2. The van der Waals surface area contributed by atoms with Crippen molar-refractivity contribution in [3.63, 3.8) is 0 Å². The fraction of sp³-hybridized carbons (Fsp3) is 0.481. The third kappa shape index (κ3) is 17.3. The Morgan fingerprint density at radius 2 is 0.818 bits per heavy atom. The predicted molar refractivity (Wildman–Crippen MR) is 264 cm³/mol. The van der Waals surface area contributed by atoms with Crippen molar-refractivity contribution in [3.05, 3.63) is 144 Å². The zero-order chi connectivity index (χ0) is 47.4. The molecule has 4 aromatic carbocycles.